The van der Waals surface area contributed by atoms with Gasteiger partial charge >= 0.3 is 0 Å². The van der Waals surface area contributed by atoms with Gasteiger partial charge in [-0.1, -0.05) is 6.07 Å². The van der Waals surface area contributed by atoms with Crippen LogP contribution in [0.4, 0.5) is 0 Å². The van der Waals surface area contributed by atoms with Crippen LogP contribution in [0.15, 0.2) is 22.5 Å². The summed E-state index contributed by atoms with van der Waals surface area (Å²) < 4.78 is 0. The average molecular weight is 153 g/mol. The number of hydrogen-bond donors (Lipinski definition) is 0. The highest BCUT2D eigenvalue weighted by Gasteiger charge is 2.00. The predicted molar refractivity (Wildman–Crippen MR) is 42.8 cm³/mol. The summed E-state index contributed by atoms with van der Waals surface area (Å²) in [4.78, 5) is 15.2. The minimum atomic E-state index is -0.155. The summed E-state index contributed by atoms with van der Waals surface area (Å²) in [6.07, 6.45) is 1.50. The Morgan fingerprint density at radius 3 is 3.10 bits per heavy atom. The normalized spacial score (nSPS) is 10.5. The van der Waals surface area contributed by atoms with E-state index in [2.05, 4.69) is 4.99 Å². The van der Waals surface area contributed by atoms with Crippen molar-refractivity contribution in [2.75, 3.05) is 0 Å². The molecule has 1 amide bonds. The first-order valence-electron chi connectivity index (χ1n) is 2.91. The summed E-state index contributed by atoms with van der Waals surface area (Å²) in [6, 6.07) is 3.60. The zero-order chi connectivity index (χ0) is 7.40. The summed E-state index contributed by atoms with van der Waals surface area (Å²) in [7, 11) is 0. The standard InChI is InChI=1S/C7H7NOS/c1-2-8-7(9)6-4-3-5-10-6/h2-5H,1H3. The predicted octanol–water partition coefficient (Wildman–Crippen LogP) is 1.98. The van der Waals surface area contributed by atoms with E-state index in [-0.39, 0.29) is 5.91 Å². The molecule has 0 aliphatic heterocycles. The number of amides is 1. The molecule has 0 unspecified atom stereocenters. The van der Waals surface area contributed by atoms with E-state index in [0.717, 1.165) is 0 Å². The SMILES string of the molecule is CC=NC(=O)c1cccs1. The molecule has 2 nitrogen and oxygen atoms in total. The zero-order valence-electron chi connectivity index (χ0n) is 5.57. The molecule has 52 valence electrons. The lowest BCUT2D eigenvalue weighted by Gasteiger charge is -1.83. The Morgan fingerprint density at radius 2 is 2.60 bits per heavy atom. The third-order valence-electron chi connectivity index (χ3n) is 0.978. The number of rotatable bonds is 1. The number of carbonyl (C=O) groups is 1. The Labute approximate surface area is 63.2 Å². The molecule has 0 saturated carbocycles. The van der Waals surface area contributed by atoms with Crippen LogP contribution in [-0.4, -0.2) is 12.1 Å². The van der Waals surface area contributed by atoms with Gasteiger partial charge < -0.3 is 0 Å². The van der Waals surface area contributed by atoms with E-state index in [1.54, 1.807) is 13.0 Å². The fraction of sp³-hybridized carbons (Fsp3) is 0.143. The molecule has 1 aromatic heterocycles. The number of hydrogen-bond acceptors (Lipinski definition) is 2. The quantitative estimate of drug-likeness (QED) is 0.567. The molecular formula is C7H7NOS. The smallest absolute Gasteiger partial charge is 0.266 e. The second kappa shape index (κ2) is 3.27. The lowest BCUT2D eigenvalue weighted by molar-refractivity contribution is 0.101. The highest BCUT2D eigenvalue weighted by Crippen LogP contribution is 2.08. The minimum absolute atomic E-state index is 0.155. The van der Waals surface area contributed by atoms with Crippen molar-refractivity contribution >= 4 is 23.5 Å². The second-order valence-electron chi connectivity index (χ2n) is 1.67. The molecule has 10 heavy (non-hydrogen) atoms. The van der Waals surface area contributed by atoms with Crippen LogP contribution >= 0.6 is 11.3 Å². The molecule has 1 heterocycles. The molecule has 0 saturated heterocycles. The summed E-state index contributed by atoms with van der Waals surface area (Å²) in [5.74, 6) is -0.155. The van der Waals surface area contributed by atoms with Crippen molar-refractivity contribution in [3.63, 3.8) is 0 Å². The van der Waals surface area contributed by atoms with Crippen LogP contribution in [0.2, 0.25) is 0 Å². The minimum Gasteiger partial charge on any atom is -0.266 e. The molecule has 0 N–H and O–H groups in total. The maximum Gasteiger partial charge on any atom is 0.286 e. The third kappa shape index (κ3) is 1.51. The van der Waals surface area contributed by atoms with E-state index >= 15 is 0 Å². The zero-order valence-corrected chi connectivity index (χ0v) is 6.39. The lowest BCUT2D eigenvalue weighted by Crippen LogP contribution is -1.88. The molecule has 1 rings (SSSR count). The van der Waals surface area contributed by atoms with Crippen LogP contribution in [0.3, 0.4) is 0 Å². The maximum absolute atomic E-state index is 10.9. The van der Waals surface area contributed by atoms with E-state index < -0.39 is 0 Å². The fourth-order valence-corrected chi connectivity index (χ4v) is 1.20. The number of aliphatic imine (C=N–C) groups is 1. The van der Waals surface area contributed by atoms with Crippen LogP contribution in [0, 0.1) is 0 Å². The van der Waals surface area contributed by atoms with E-state index in [4.69, 9.17) is 0 Å². The van der Waals surface area contributed by atoms with Crippen LogP contribution in [-0.2, 0) is 0 Å². The van der Waals surface area contributed by atoms with Gasteiger partial charge in [0.2, 0.25) is 0 Å². The van der Waals surface area contributed by atoms with E-state index in [1.165, 1.54) is 17.6 Å². The first-order valence-corrected chi connectivity index (χ1v) is 3.79. The highest BCUT2D eigenvalue weighted by molar-refractivity contribution is 7.12. The largest absolute Gasteiger partial charge is 0.286 e. The van der Waals surface area contributed by atoms with Crippen LogP contribution < -0.4 is 0 Å². The number of nitrogens with zero attached hydrogens (tertiary/aromatic N) is 1. The van der Waals surface area contributed by atoms with Crippen LogP contribution in [0.1, 0.15) is 16.6 Å². The summed E-state index contributed by atoms with van der Waals surface area (Å²) >= 11 is 1.41. The van der Waals surface area contributed by atoms with E-state index in [1.807, 2.05) is 11.4 Å². The van der Waals surface area contributed by atoms with Gasteiger partial charge in [0.05, 0.1) is 4.88 Å². The Balaban J connectivity index is 2.78. The Kier molecular flexibility index (Phi) is 2.34. The maximum atomic E-state index is 10.9. The van der Waals surface area contributed by atoms with Gasteiger partial charge in [-0.2, -0.15) is 0 Å². The molecule has 1 aromatic rings. The molecule has 0 atom stereocenters. The molecule has 0 aromatic carbocycles. The molecule has 0 aliphatic carbocycles. The van der Waals surface area contributed by atoms with Gasteiger partial charge in [-0.25, -0.2) is 4.99 Å². The van der Waals surface area contributed by atoms with Crippen molar-refractivity contribution in [2.45, 2.75) is 6.92 Å². The first-order chi connectivity index (χ1) is 4.84. The molecule has 0 bridgehead atoms. The highest BCUT2D eigenvalue weighted by atomic mass is 32.1. The van der Waals surface area contributed by atoms with Crippen molar-refractivity contribution in [1.82, 2.24) is 0 Å². The Morgan fingerprint density at radius 1 is 1.80 bits per heavy atom. The van der Waals surface area contributed by atoms with Crippen LogP contribution in [0.5, 0.6) is 0 Å². The number of thiophene rings is 1. The molecule has 0 spiro atoms. The van der Waals surface area contributed by atoms with E-state index in [9.17, 15) is 4.79 Å². The van der Waals surface area contributed by atoms with Gasteiger partial charge in [0.1, 0.15) is 0 Å². The topological polar surface area (TPSA) is 29.4 Å². The second-order valence-corrected chi connectivity index (χ2v) is 2.62. The van der Waals surface area contributed by atoms with E-state index in [0.29, 0.717) is 4.88 Å². The van der Waals surface area contributed by atoms with Gasteiger partial charge in [-0.05, 0) is 18.4 Å². The summed E-state index contributed by atoms with van der Waals surface area (Å²) in [5.41, 5.74) is 0. The average Bonchev–Trinajstić information content (AvgIpc) is 2.38. The van der Waals surface area contributed by atoms with Crippen molar-refractivity contribution < 1.29 is 4.79 Å². The van der Waals surface area contributed by atoms with Gasteiger partial charge in [0.25, 0.3) is 5.91 Å². The first kappa shape index (κ1) is 7.15. The Hall–Kier alpha value is -0.960. The number of carbonyl (C=O) groups excluding carboxylic acids is 1. The summed E-state index contributed by atoms with van der Waals surface area (Å²) in [5, 5.41) is 1.86. The third-order valence-corrected chi connectivity index (χ3v) is 1.84. The lowest BCUT2D eigenvalue weighted by atomic mass is 10.4. The molecule has 0 fully saturated rings. The summed E-state index contributed by atoms with van der Waals surface area (Å²) in [6.45, 7) is 1.73. The molecule has 0 aliphatic rings. The van der Waals surface area contributed by atoms with Crippen molar-refractivity contribution in [3.8, 4) is 0 Å². The monoisotopic (exact) mass is 153 g/mol. The molecule has 3 heteroatoms. The van der Waals surface area contributed by atoms with Crippen LogP contribution in [0.25, 0.3) is 0 Å². The Bertz CT molecular complexity index is 238. The molecular weight excluding hydrogens is 146 g/mol. The van der Waals surface area contributed by atoms with Crippen molar-refractivity contribution in [2.24, 2.45) is 4.99 Å². The van der Waals surface area contributed by atoms with Gasteiger partial charge in [0.15, 0.2) is 0 Å². The van der Waals surface area contributed by atoms with Gasteiger partial charge in [-0.3, -0.25) is 4.79 Å². The van der Waals surface area contributed by atoms with Gasteiger partial charge in [0, 0.05) is 6.21 Å². The van der Waals surface area contributed by atoms with Gasteiger partial charge in [-0.15, -0.1) is 11.3 Å². The molecule has 0 radical (unpaired) electrons. The van der Waals surface area contributed by atoms with Crippen molar-refractivity contribution in [1.29, 1.82) is 0 Å². The van der Waals surface area contributed by atoms with Crippen molar-refractivity contribution in [3.05, 3.63) is 22.4 Å². The fourth-order valence-electron chi connectivity index (χ4n) is 0.581.